The Morgan fingerprint density at radius 1 is 1.25 bits per heavy atom. The molecule has 2 N–H and O–H groups in total. The maximum atomic E-state index is 13.3. The van der Waals surface area contributed by atoms with Gasteiger partial charge in [0.2, 0.25) is 0 Å². The second-order valence-electron chi connectivity index (χ2n) is 4.69. The standard InChI is InChI=1S/C13H17F2N/c14-12-2-1-3-13(15)11(12)8-10(16)7-6-9-4-5-9/h1-3,9-10H,4-8,16H2. The van der Waals surface area contributed by atoms with Crippen LogP contribution in [0.1, 0.15) is 31.2 Å². The van der Waals surface area contributed by atoms with E-state index in [1.54, 1.807) is 0 Å². The third-order valence-corrected chi connectivity index (χ3v) is 3.17. The van der Waals surface area contributed by atoms with Crippen LogP contribution in [0.25, 0.3) is 0 Å². The van der Waals surface area contributed by atoms with E-state index in [0.29, 0.717) is 6.42 Å². The topological polar surface area (TPSA) is 26.0 Å². The van der Waals surface area contributed by atoms with Gasteiger partial charge in [0.15, 0.2) is 0 Å². The number of halogens is 2. The van der Waals surface area contributed by atoms with Gasteiger partial charge in [-0.05, 0) is 37.3 Å². The Balaban J connectivity index is 1.91. The summed E-state index contributed by atoms with van der Waals surface area (Å²) in [5.74, 6) is -0.153. The molecule has 1 aromatic carbocycles. The second-order valence-corrected chi connectivity index (χ2v) is 4.69. The number of hydrogen-bond donors (Lipinski definition) is 1. The summed E-state index contributed by atoms with van der Waals surface area (Å²) in [6.45, 7) is 0. The van der Waals surface area contributed by atoms with Crippen molar-refractivity contribution in [3.8, 4) is 0 Å². The normalized spacial score (nSPS) is 17.4. The van der Waals surface area contributed by atoms with Gasteiger partial charge < -0.3 is 5.73 Å². The van der Waals surface area contributed by atoms with Crippen LogP contribution >= 0.6 is 0 Å². The van der Waals surface area contributed by atoms with Crippen molar-refractivity contribution in [2.24, 2.45) is 11.7 Å². The van der Waals surface area contributed by atoms with Crippen LogP contribution in [0, 0.1) is 17.6 Å². The van der Waals surface area contributed by atoms with Crippen LogP contribution in [0.4, 0.5) is 8.78 Å². The van der Waals surface area contributed by atoms with Crippen LogP contribution in [0.15, 0.2) is 18.2 Å². The molecule has 0 bridgehead atoms. The van der Waals surface area contributed by atoms with Crippen LogP contribution in [0.5, 0.6) is 0 Å². The Morgan fingerprint density at radius 2 is 1.88 bits per heavy atom. The molecule has 1 aliphatic carbocycles. The van der Waals surface area contributed by atoms with E-state index in [2.05, 4.69) is 0 Å². The minimum atomic E-state index is -0.484. The van der Waals surface area contributed by atoms with Gasteiger partial charge in [-0.1, -0.05) is 18.9 Å². The van der Waals surface area contributed by atoms with Gasteiger partial charge in [-0.15, -0.1) is 0 Å². The first-order valence-electron chi connectivity index (χ1n) is 5.85. The summed E-state index contributed by atoms with van der Waals surface area (Å²) >= 11 is 0. The predicted molar refractivity (Wildman–Crippen MR) is 60.0 cm³/mol. The summed E-state index contributed by atoms with van der Waals surface area (Å²) in [6, 6.07) is 3.81. The maximum Gasteiger partial charge on any atom is 0.129 e. The van der Waals surface area contributed by atoms with Crippen molar-refractivity contribution in [3.63, 3.8) is 0 Å². The van der Waals surface area contributed by atoms with E-state index >= 15 is 0 Å². The number of rotatable bonds is 5. The van der Waals surface area contributed by atoms with Gasteiger partial charge in [-0.25, -0.2) is 8.78 Å². The summed E-state index contributed by atoms with van der Waals surface area (Å²) in [5, 5.41) is 0. The quantitative estimate of drug-likeness (QED) is 0.819. The highest BCUT2D eigenvalue weighted by Gasteiger charge is 2.22. The van der Waals surface area contributed by atoms with E-state index in [0.717, 1.165) is 18.8 Å². The fourth-order valence-electron chi connectivity index (χ4n) is 1.95. The van der Waals surface area contributed by atoms with Crippen molar-refractivity contribution in [1.82, 2.24) is 0 Å². The number of benzene rings is 1. The Morgan fingerprint density at radius 3 is 2.44 bits per heavy atom. The molecule has 1 saturated carbocycles. The number of hydrogen-bond acceptors (Lipinski definition) is 1. The monoisotopic (exact) mass is 225 g/mol. The zero-order chi connectivity index (χ0) is 11.5. The molecule has 0 saturated heterocycles. The average Bonchev–Trinajstić information content (AvgIpc) is 3.04. The van der Waals surface area contributed by atoms with E-state index in [9.17, 15) is 8.78 Å². The summed E-state index contributed by atoms with van der Waals surface area (Å²) in [5.41, 5.74) is 6.02. The van der Waals surface area contributed by atoms with E-state index in [-0.39, 0.29) is 11.6 Å². The molecule has 1 aliphatic rings. The molecule has 2 rings (SSSR count). The zero-order valence-corrected chi connectivity index (χ0v) is 9.26. The van der Waals surface area contributed by atoms with Gasteiger partial charge in [0, 0.05) is 11.6 Å². The molecule has 0 amide bonds. The largest absolute Gasteiger partial charge is 0.327 e. The molecule has 16 heavy (non-hydrogen) atoms. The molecule has 0 aromatic heterocycles. The van der Waals surface area contributed by atoms with Crippen molar-refractivity contribution in [3.05, 3.63) is 35.4 Å². The van der Waals surface area contributed by atoms with Crippen LogP contribution in [0.2, 0.25) is 0 Å². The first kappa shape index (κ1) is 11.5. The Labute approximate surface area is 94.7 Å². The minimum absolute atomic E-state index is 0.130. The molecule has 3 heteroatoms. The molecule has 1 nitrogen and oxygen atoms in total. The molecule has 0 heterocycles. The molecule has 0 spiro atoms. The third kappa shape index (κ3) is 3.01. The summed E-state index contributed by atoms with van der Waals surface area (Å²) in [6.07, 6.45) is 4.84. The molecule has 1 atom stereocenters. The summed E-state index contributed by atoms with van der Waals surface area (Å²) in [4.78, 5) is 0. The van der Waals surface area contributed by atoms with Gasteiger partial charge in [-0.3, -0.25) is 0 Å². The maximum absolute atomic E-state index is 13.3. The lowest BCUT2D eigenvalue weighted by atomic mass is 10.0. The van der Waals surface area contributed by atoms with Crippen molar-refractivity contribution in [2.45, 2.75) is 38.1 Å². The highest BCUT2D eigenvalue weighted by atomic mass is 19.1. The first-order valence-corrected chi connectivity index (χ1v) is 5.85. The molecule has 1 fully saturated rings. The predicted octanol–water partition coefficient (Wildman–Crippen LogP) is 3.02. The molecule has 1 aromatic rings. The Kier molecular flexibility index (Phi) is 3.54. The molecule has 0 radical (unpaired) electrons. The van der Waals surface area contributed by atoms with Crippen molar-refractivity contribution >= 4 is 0 Å². The fourth-order valence-corrected chi connectivity index (χ4v) is 1.95. The van der Waals surface area contributed by atoms with Gasteiger partial charge in [-0.2, -0.15) is 0 Å². The van der Waals surface area contributed by atoms with Crippen molar-refractivity contribution in [1.29, 1.82) is 0 Å². The van der Waals surface area contributed by atoms with Gasteiger partial charge in [0.25, 0.3) is 0 Å². The number of nitrogens with two attached hydrogens (primary N) is 1. The van der Waals surface area contributed by atoms with Gasteiger partial charge in [0.05, 0.1) is 0 Å². The molecule has 88 valence electrons. The lowest BCUT2D eigenvalue weighted by Gasteiger charge is -2.12. The Hall–Kier alpha value is -0.960. The molecule has 1 unspecified atom stereocenters. The molecular weight excluding hydrogens is 208 g/mol. The Bertz CT molecular complexity index is 341. The smallest absolute Gasteiger partial charge is 0.129 e. The lowest BCUT2D eigenvalue weighted by molar-refractivity contribution is 0.506. The second kappa shape index (κ2) is 4.91. The van der Waals surface area contributed by atoms with Gasteiger partial charge >= 0.3 is 0 Å². The van der Waals surface area contributed by atoms with Crippen LogP contribution in [0.3, 0.4) is 0 Å². The highest BCUT2D eigenvalue weighted by molar-refractivity contribution is 5.20. The third-order valence-electron chi connectivity index (χ3n) is 3.17. The van der Waals surface area contributed by atoms with Crippen molar-refractivity contribution < 1.29 is 8.78 Å². The average molecular weight is 225 g/mol. The van der Waals surface area contributed by atoms with E-state index in [1.165, 1.54) is 31.0 Å². The first-order chi connectivity index (χ1) is 7.66. The summed E-state index contributed by atoms with van der Waals surface area (Å²) < 4.78 is 26.7. The van der Waals surface area contributed by atoms with Gasteiger partial charge in [0.1, 0.15) is 11.6 Å². The highest BCUT2D eigenvalue weighted by Crippen LogP contribution is 2.34. The molecular formula is C13H17F2N. The van der Waals surface area contributed by atoms with Crippen LogP contribution in [-0.2, 0) is 6.42 Å². The van der Waals surface area contributed by atoms with E-state index in [1.807, 2.05) is 0 Å². The van der Waals surface area contributed by atoms with Crippen LogP contribution in [-0.4, -0.2) is 6.04 Å². The minimum Gasteiger partial charge on any atom is -0.327 e. The zero-order valence-electron chi connectivity index (χ0n) is 9.26. The SMILES string of the molecule is NC(CCC1CC1)Cc1c(F)cccc1F. The van der Waals surface area contributed by atoms with E-state index < -0.39 is 11.6 Å². The fraction of sp³-hybridized carbons (Fsp3) is 0.538. The van der Waals surface area contributed by atoms with E-state index in [4.69, 9.17) is 5.73 Å². The summed E-state index contributed by atoms with van der Waals surface area (Å²) in [7, 11) is 0. The lowest BCUT2D eigenvalue weighted by Crippen LogP contribution is -2.24. The van der Waals surface area contributed by atoms with Crippen molar-refractivity contribution in [2.75, 3.05) is 0 Å². The van der Waals surface area contributed by atoms with Crippen LogP contribution < -0.4 is 5.73 Å². The molecule has 0 aliphatic heterocycles.